The van der Waals surface area contributed by atoms with Gasteiger partial charge in [0.1, 0.15) is 0 Å². The van der Waals surface area contributed by atoms with Gasteiger partial charge in [-0.2, -0.15) is 0 Å². The first-order chi connectivity index (χ1) is 17.6. The lowest BCUT2D eigenvalue weighted by Gasteiger charge is -2.19. The van der Waals surface area contributed by atoms with Crippen molar-refractivity contribution in [1.29, 1.82) is 0 Å². The van der Waals surface area contributed by atoms with Gasteiger partial charge in [-0.3, -0.25) is 4.79 Å². The third kappa shape index (κ3) is 7.68. The van der Waals surface area contributed by atoms with Gasteiger partial charge in [-0.25, -0.2) is 0 Å². The highest BCUT2D eigenvalue weighted by atomic mass is 35.5. The van der Waals surface area contributed by atoms with E-state index in [2.05, 4.69) is 0 Å². The van der Waals surface area contributed by atoms with Gasteiger partial charge in [0.2, 0.25) is 0 Å². The van der Waals surface area contributed by atoms with Crippen molar-refractivity contribution in [2.24, 2.45) is 0 Å². The molecule has 0 aromatic heterocycles. The Bertz CT molecular complexity index is 1090. The summed E-state index contributed by atoms with van der Waals surface area (Å²) in [6, 6.07) is 7.35. The second-order valence-electron chi connectivity index (χ2n) is 9.38. The SMILES string of the molecule is CCOc1cc(/C=C2/CCC/C(=C\c3cc(Cl)c(OC(C)C)c(OCC)c3)C2=O)cc(Cl)c1OC(C)C. The molecule has 1 aliphatic carbocycles. The van der Waals surface area contributed by atoms with Gasteiger partial charge < -0.3 is 18.9 Å². The molecule has 0 spiro atoms. The highest BCUT2D eigenvalue weighted by Gasteiger charge is 2.22. The highest BCUT2D eigenvalue weighted by molar-refractivity contribution is 6.33. The van der Waals surface area contributed by atoms with E-state index >= 15 is 0 Å². The average Bonchev–Trinajstić information content (AvgIpc) is 2.81. The molecule has 0 heterocycles. The third-order valence-corrected chi connectivity index (χ3v) is 6.09. The molecule has 37 heavy (non-hydrogen) atoms. The van der Waals surface area contributed by atoms with Crippen LogP contribution < -0.4 is 18.9 Å². The molecule has 0 saturated heterocycles. The van der Waals surface area contributed by atoms with E-state index in [1.54, 1.807) is 0 Å². The Morgan fingerprint density at radius 2 is 1.16 bits per heavy atom. The molecular weight excluding hydrogens is 511 g/mol. The number of carbonyl (C=O) groups excluding carboxylic acids is 1. The minimum Gasteiger partial charge on any atom is -0.490 e. The first-order valence-corrected chi connectivity index (χ1v) is 13.6. The first-order valence-electron chi connectivity index (χ1n) is 12.8. The van der Waals surface area contributed by atoms with Crippen LogP contribution in [0.5, 0.6) is 23.0 Å². The predicted octanol–water partition coefficient (Wildman–Crippen LogP) is 8.59. The van der Waals surface area contributed by atoms with Gasteiger partial charge in [0.05, 0.1) is 35.5 Å². The second kappa shape index (κ2) is 13.3. The highest BCUT2D eigenvalue weighted by Crippen LogP contribution is 2.40. The molecule has 1 saturated carbocycles. The molecule has 0 unspecified atom stereocenters. The number of rotatable bonds is 10. The van der Waals surface area contributed by atoms with Crippen LogP contribution in [-0.2, 0) is 4.79 Å². The monoisotopic (exact) mass is 546 g/mol. The van der Waals surface area contributed by atoms with E-state index in [-0.39, 0.29) is 18.0 Å². The van der Waals surface area contributed by atoms with Crippen LogP contribution >= 0.6 is 23.2 Å². The lowest BCUT2D eigenvalue weighted by Crippen LogP contribution is -2.12. The fraction of sp³-hybridized carbons (Fsp3) is 0.433. The number of hydrogen-bond donors (Lipinski definition) is 0. The Morgan fingerprint density at radius 3 is 1.51 bits per heavy atom. The molecule has 0 bridgehead atoms. The fourth-order valence-electron chi connectivity index (χ4n) is 4.15. The molecule has 1 aliphatic rings. The van der Waals surface area contributed by atoms with E-state index in [1.807, 2.05) is 78.0 Å². The zero-order valence-electron chi connectivity index (χ0n) is 22.5. The number of allylic oxidation sites excluding steroid dienone is 2. The standard InChI is InChI=1S/C30H36Cl2O5/c1-7-34-26-16-20(14-24(31)29(26)36-18(3)4)12-22-10-9-11-23(28(22)33)13-21-15-25(32)30(37-19(5)6)27(17-21)35-8-2/h12-19H,7-11H2,1-6H3/b22-12-,23-13+. The minimum absolute atomic E-state index is 0.0134. The van der Waals surface area contributed by atoms with Gasteiger partial charge >= 0.3 is 0 Å². The second-order valence-corrected chi connectivity index (χ2v) is 10.2. The molecule has 1 fully saturated rings. The molecule has 5 nitrogen and oxygen atoms in total. The number of hydrogen-bond acceptors (Lipinski definition) is 5. The van der Waals surface area contributed by atoms with E-state index in [9.17, 15) is 4.79 Å². The lowest BCUT2D eigenvalue weighted by molar-refractivity contribution is -0.112. The summed E-state index contributed by atoms with van der Waals surface area (Å²) >= 11 is 13.1. The zero-order chi connectivity index (χ0) is 27.1. The van der Waals surface area contributed by atoms with Crippen LogP contribution in [0.15, 0.2) is 35.4 Å². The molecule has 0 radical (unpaired) electrons. The van der Waals surface area contributed by atoms with Crippen LogP contribution in [0.1, 0.15) is 71.9 Å². The molecule has 200 valence electrons. The number of ether oxygens (including phenoxy) is 4. The van der Waals surface area contributed by atoms with Gasteiger partial charge in [0.25, 0.3) is 0 Å². The van der Waals surface area contributed by atoms with Gasteiger partial charge in [-0.15, -0.1) is 0 Å². The third-order valence-electron chi connectivity index (χ3n) is 5.53. The molecule has 7 heteroatoms. The Kier molecular flexibility index (Phi) is 10.4. The van der Waals surface area contributed by atoms with Crippen molar-refractivity contribution in [2.45, 2.75) is 73.0 Å². The quantitative estimate of drug-likeness (QED) is 0.279. The first kappa shape index (κ1) is 28.9. The van der Waals surface area contributed by atoms with Gasteiger partial charge in [0.15, 0.2) is 28.8 Å². The van der Waals surface area contributed by atoms with Crippen molar-refractivity contribution in [2.75, 3.05) is 13.2 Å². The predicted molar refractivity (Wildman–Crippen MR) is 152 cm³/mol. The van der Waals surface area contributed by atoms with Crippen LogP contribution in [0.25, 0.3) is 12.2 Å². The minimum atomic E-state index is -0.0451. The summed E-state index contributed by atoms with van der Waals surface area (Å²) < 4.78 is 23.3. The van der Waals surface area contributed by atoms with Crippen LogP contribution in [-0.4, -0.2) is 31.2 Å². The van der Waals surface area contributed by atoms with Crippen LogP contribution in [0, 0.1) is 0 Å². The van der Waals surface area contributed by atoms with Crippen molar-refractivity contribution < 1.29 is 23.7 Å². The van der Waals surface area contributed by atoms with Crippen LogP contribution in [0.2, 0.25) is 10.0 Å². The van der Waals surface area contributed by atoms with Crippen molar-refractivity contribution >= 4 is 41.1 Å². The molecule has 0 atom stereocenters. The van der Waals surface area contributed by atoms with E-state index in [1.165, 1.54) is 0 Å². The van der Waals surface area contributed by atoms with Gasteiger partial charge in [0, 0.05) is 11.1 Å². The summed E-state index contributed by atoms with van der Waals surface area (Å²) in [6.45, 7) is 12.5. The summed E-state index contributed by atoms with van der Waals surface area (Å²) in [4.78, 5) is 13.4. The smallest absolute Gasteiger partial charge is 0.185 e. The molecule has 0 aliphatic heterocycles. The summed E-state index contributed by atoms with van der Waals surface area (Å²) in [5, 5.41) is 0.902. The van der Waals surface area contributed by atoms with E-state index in [4.69, 9.17) is 42.1 Å². The van der Waals surface area contributed by atoms with Crippen molar-refractivity contribution in [3.05, 3.63) is 56.6 Å². The molecule has 0 N–H and O–H groups in total. The van der Waals surface area contributed by atoms with E-state index in [0.717, 1.165) is 28.7 Å². The fourth-order valence-corrected chi connectivity index (χ4v) is 4.68. The number of halogens is 2. The number of ketones is 1. The summed E-state index contributed by atoms with van der Waals surface area (Å²) in [5.74, 6) is 2.18. The molecule has 0 amide bonds. The Morgan fingerprint density at radius 1 is 0.757 bits per heavy atom. The summed E-state index contributed by atoms with van der Waals surface area (Å²) in [7, 11) is 0. The van der Waals surface area contributed by atoms with Crippen molar-refractivity contribution in [3.63, 3.8) is 0 Å². The topological polar surface area (TPSA) is 54.0 Å². The Balaban J connectivity index is 1.94. The van der Waals surface area contributed by atoms with Crippen molar-refractivity contribution in [3.8, 4) is 23.0 Å². The average molecular weight is 548 g/mol. The molecule has 3 rings (SSSR count). The summed E-state index contributed by atoms with van der Waals surface area (Å²) in [5.41, 5.74) is 3.05. The van der Waals surface area contributed by atoms with E-state index < -0.39 is 0 Å². The van der Waals surface area contributed by atoms with Gasteiger partial charge in [-0.05, 0) is 108 Å². The van der Waals surface area contributed by atoms with Crippen LogP contribution in [0.4, 0.5) is 0 Å². The zero-order valence-corrected chi connectivity index (χ0v) is 24.0. The van der Waals surface area contributed by atoms with Gasteiger partial charge in [-0.1, -0.05) is 23.2 Å². The largest absolute Gasteiger partial charge is 0.490 e. The molecule has 2 aromatic rings. The molecular formula is C30H36Cl2O5. The van der Waals surface area contributed by atoms with E-state index in [0.29, 0.717) is 59.1 Å². The maximum atomic E-state index is 13.4. The summed E-state index contributed by atoms with van der Waals surface area (Å²) in [6.07, 6.45) is 5.93. The normalized spacial score (nSPS) is 16.1. The number of benzene rings is 2. The maximum absolute atomic E-state index is 13.4. The lowest BCUT2D eigenvalue weighted by atomic mass is 9.87. The molecule has 2 aromatic carbocycles. The Labute approximate surface area is 230 Å². The Hall–Kier alpha value is -2.63. The van der Waals surface area contributed by atoms with Crippen molar-refractivity contribution in [1.82, 2.24) is 0 Å². The van der Waals surface area contributed by atoms with Crippen LogP contribution in [0.3, 0.4) is 0 Å². The number of carbonyl (C=O) groups is 1. The maximum Gasteiger partial charge on any atom is 0.185 e. The number of Topliss-reactive ketones (excluding diaryl/α,β-unsaturated/α-hetero) is 1.